The summed E-state index contributed by atoms with van der Waals surface area (Å²) in [4.78, 5) is 32.1. The number of H-pyrrole nitrogens is 2. The van der Waals surface area contributed by atoms with Crippen LogP contribution in [0.3, 0.4) is 0 Å². The molecule has 2 aliphatic heterocycles. The van der Waals surface area contributed by atoms with Crippen LogP contribution in [0, 0.1) is 20.8 Å². The normalized spacial score (nSPS) is 16.8. The maximum atomic E-state index is 12.6. The molecule has 0 saturated carbocycles. The van der Waals surface area contributed by atoms with E-state index in [1.807, 2.05) is 14.1 Å². The van der Waals surface area contributed by atoms with E-state index in [9.17, 15) is 4.79 Å². The van der Waals surface area contributed by atoms with Crippen LogP contribution in [-0.2, 0) is 17.6 Å². The molecule has 8 bridgehead atoms. The van der Waals surface area contributed by atoms with Crippen LogP contribution in [0.25, 0.3) is 33.7 Å². The fraction of sp³-hybridized carbons (Fsp3) is 0.441. The van der Waals surface area contributed by atoms with Gasteiger partial charge in [0, 0.05) is 65.8 Å². The third kappa shape index (κ3) is 4.78. The minimum absolute atomic E-state index is 0.152. The number of carbonyl (C=O) groups excluding carboxylic acids is 1. The van der Waals surface area contributed by atoms with E-state index in [2.05, 4.69) is 82.7 Å². The molecule has 40 heavy (non-hydrogen) atoms. The Morgan fingerprint density at radius 2 is 1.45 bits per heavy atom. The second-order valence-corrected chi connectivity index (χ2v) is 11.7. The summed E-state index contributed by atoms with van der Waals surface area (Å²) in [6.07, 6.45) is 5.34. The van der Waals surface area contributed by atoms with Gasteiger partial charge in [-0.2, -0.15) is 0 Å². The Balaban J connectivity index is 1.86. The van der Waals surface area contributed by atoms with Crippen LogP contribution < -0.4 is 0 Å². The zero-order valence-electron chi connectivity index (χ0n) is 25.5. The lowest BCUT2D eigenvalue weighted by Gasteiger charge is -2.18. The number of hydrogen-bond acceptors (Lipinski definition) is 3. The van der Waals surface area contributed by atoms with Crippen LogP contribution >= 0.6 is 0 Å². The molecular formula is C34H43N5O. The van der Waals surface area contributed by atoms with E-state index in [0.29, 0.717) is 6.42 Å². The van der Waals surface area contributed by atoms with Crippen molar-refractivity contribution in [3.8, 4) is 0 Å². The molecule has 1 amide bonds. The highest BCUT2D eigenvalue weighted by Crippen LogP contribution is 2.42. The first kappa shape index (κ1) is 27.9. The number of rotatable bonds is 5. The third-order valence-corrected chi connectivity index (χ3v) is 9.08. The number of aromatic amines is 2. The van der Waals surface area contributed by atoms with Gasteiger partial charge in [0.15, 0.2) is 0 Å². The Bertz CT molecular complexity index is 1680. The highest BCUT2D eigenvalue weighted by molar-refractivity contribution is 5.85. The van der Waals surface area contributed by atoms with Crippen molar-refractivity contribution in [1.29, 1.82) is 0 Å². The zero-order valence-corrected chi connectivity index (χ0v) is 25.5. The first-order valence-corrected chi connectivity index (χ1v) is 14.6. The second kappa shape index (κ2) is 10.7. The molecule has 2 atom stereocenters. The van der Waals surface area contributed by atoms with Crippen molar-refractivity contribution in [2.75, 3.05) is 14.1 Å². The van der Waals surface area contributed by atoms with Gasteiger partial charge < -0.3 is 14.9 Å². The summed E-state index contributed by atoms with van der Waals surface area (Å²) in [5.41, 5.74) is 16.0. The molecule has 0 aromatic carbocycles. The highest BCUT2D eigenvalue weighted by Gasteiger charge is 2.31. The Morgan fingerprint density at radius 3 is 2.05 bits per heavy atom. The molecule has 210 valence electrons. The number of nitrogens with zero attached hydrogens (tertiary/aromatic N) is 3. The smallest absolute Gasteiger partial charge is 0.222 e. The zero-order chi connectivity index (χ0) is 28.9. The van der Waals surface area contributed by atoms with Crippen molar-refractivity contribution >= 4 is 39.6 Å². The number of amides is 1. The van der Waals surface area contributed by atoms with Crippen LogP contribution in [0.1, 0.15) is 103 Å². The number of hydrogen-bond donors (Lipinski definition) is 2. The van der Waals surface area contributed by atoms with Gasteiger partial charge in [-0.25, -0.2) is 4.98 Å². The first-order valence-electron chi connectivity index (χ1n) is 14.6. The molecule has 6 nitrogen and oxygen atoms in total. The Kier molecular flexibility index (Phi) is 7.47. The van der Waals surface area contributed by atoms with E-state index >= 15 is 0 Å². The van der Waals surface area contributed by atoms with Crippen molar-refractivity contribution < 1.29 is 4.79 Å². The van der Waals surface area contributed by atoms with E-state index in [-0.39, 0.29) is 17.7 Å². The second-order valence-electron chi connectivity index (χ2n) is 11.7. The first-order chi connectivity index (χ1) is 19.0. The standard InChI is InChI=1S/C34H43N5O/c1-10-23-20(5)29-17-32-24(11-2)19(4)28(36-32)16-30-21(6)25(12-13-33(40)39(8)9)34(38-30)22(7)27-14-18(3)26(35-27)15-31(23)37-29/h14-17,21,25,36-37H,10-13H2,1-9H3/t21-,25-/m0/s1. The van der Waals surface area contributed by atoms with E-state index in [1.54, 1.807) is 4.90 Å². The van der Waals surface area contributed by atoms with Gasteiger partial charge in [-0.1, -0.05) is 20.8 Å². The average molecular weight is 538 g/mol. The molecule has 5 rings (SSSR count). The van der Waals surface area contributed by atoms with Crippen LogP contribution in [0.2, 0.25) is 0 Å². The van der Waals surface area contributed by atoms with Gasteiger partial charge >= 0.3 is 0 Å². The minimum Gasteiger partial charge on any atom is -0.355 e. The van der Waals surface area contributed by atoms with Crippen LogP contribution in [0.5, 0.6) is 0 Å². The molecule has 6 heteroatoms. The molecule has 0 radical (unpaired) electrons. The largest absolute Gasteiger partial charge is 0.355 e. The number of carbonyl (C=O) groups is 1. The average Bonchev–Trinajstić information content (AvgIpc) is 3.61. The molecule has 0 fully saturated rings. The van der Waals surface area contributed by atoms with Gasteiger partial charge in [0.25, 0.3) is 0 Å². The predicted molar refractivity (Wildman–Crippen MR) is 167 cm³/mol. The SMILES string of the molecule is CCc1c(C)c2cc3[nH]c(cc4nc(c(C)c5nc(cc1[nH]2)C(C)=C5)[C@@H](CCC(=O)N(C)C)[C@@H]4C)c(C)c3CC. The number of allylic oxidation sites excluding steroid dienone is 1. The summed E-state index contributed by atoms with van der Waals surface area (Å²) in [5, 5.41) is 0. The van der Waals surface area contributed by atoms with Crippen molar-refractivity contribution in [2.45, 2.75) is 86.0 Å². The lowest BCUT2D eigenvalue weighted by molar-refractivity contribution is -0.128. The van der Waals surface area contributed by atoms with Gasteiger partial charge in [0.2, 0.25) is 5.91 Å². The number of fused-ring (bicyclic) bond motifs is 8. The Labute approximate surface area is 238 Å². The van der Waals surface area contributed by atoms with Gasteiger partial charge in [0.1, 0.15) is 0 Å². The molecule has 3 aromatic rings. The fourth-order valence-corrected chi connectivity index (χ4v) is 6.41. The Hall–Kier alpha value is -3.67. The predicted octanol–water partition coefficient (Wildman–Crippen LogP) is 7.68. The quantitative estimate of drug-likeness (QED) is 0.350. The van der Waals surface area contributed by atoms with Crippen molar-refractivity contribution in [3.63, 3.8) is 0 Å². The van der Waals surface area contributed by atoms with Crippen molar-refractivity contribution in [1.82, 2.24) is 24.8 Å². The number of aryl methyl sites for hydroxylation is 4. The van der Waals surface area contributed by atoms with Crippen LogP contribution in [0.4, 0.5) is 0 Å². The summed E-state index contributed by atoms with van der Waals surface area (Å²) in [7, 11) is 3.65. The molecular weight excluding hydrogens is 494 g/mol. The molecule has 0 aliphatic carbocycles. The molecule has 0 saturated heterocycles. The van der Waals surface area contributed by atoms with Gasteiger partial charge in [-0.15, -0.1) is 0 Å². The third-order valence-electron chi connectivity index (χ3n) is 9.08. The Morgan fingerprint density at radius 1 is 0.850 bits per heavy atom. The van der Waals surface area contributed by atoms with Crippen molar-refractivity contribution in [2.24, 2.45) is 0 Å². The van der Waals surface area contributed by atoms with Crippen LogP contribution in [0.15, 0.2) is 18.2 Å². The summed E-state index contributed by atoms with van der Waals surface area (Å²) >= 11 is 0. The lowest BCUT2D eigenvalue weighted by atomic mass is 9.85. The minimum atomic E-state index is 0.152. The van der Waals surface area contributed by atoms with Crippen LogP contribution in [-0.4, -0.2) is 44.8 Å². The molecule has 2 aliphatic rings. The maximum Gasteiger partial charge on any atom is 0.222 e. The van der Waals surface area contributed by atoms with Gasteiger partial charge in [-0.3, -0.25) is 9.78 Å². The molecule has 2 N–H and O–H groups in total. The van der Waals surface area contributed by atoms with E-state index in [1.165, 1.54) is 22.3 Å². The molecule has 5 heterocycles. The summed E-state index contributed by atoms with van der Waals surface area (Å²) in [5.74, 6) is 0.499. The van der Waals surface area contributed by atoms with Crippen molar-refractivity contribution in [3.05, 3.63) is 68.8 Å². The molecule has 0 unspecified atom stereocenters. The number of nitrogens with one attached hydrogen (secondary N) is 2. The van der Waals surface area contributed by atoms with E-state index in [0.717, 1.165) is 75.2 Å². The highest BCUT2D eigenvalue weighted by atomic mass is 16.2. The number of aromatic nitrogens is 4. The lowest BCUT2D eigenvalue weighted by Crippen LogP contribution is -2.22. The molecule has 0 spiro atoms. The van der Waals surface area contributed by atoms with E-state index < -0.39 is 0 Å². The van der Waals surface area contributed by atoms with Gasteiger partial charge in [0.05, 0.1) is 11.4 Å². The molecule has 3 aromatic heterocycles. The fourth-order valence-electron chi connectivity index (χ4n) is 6.41. The topological polar surface area (TPSA) is 77.7 Å². The summed E-state index contributed by atoms with van der Waals surface area (Å²) in [6, 6.07) is 6.70. The summed E-state index contributed by atoms with van der Waals surface area (Å²) in [6.45, 7) is 15.4. The maximum absolute atomic E-state index is 12.6. The van der Waals surface area contributed by atoms with E-state index in [4.69, 9.17) is 9.97 Å². The van der Waals surface area contributed by atoms with Gasteiger partial charge in [-0.05, 0) is 105 Å². The monoisotopic (exact) mass is 537 g/mol. The summed E-state index contributed by atoms with van der Waals surface area (Å²) < 4.78 is 0.